The van der Waals surface area contributed by atoms with Crippen LogP contribution in [0.4, 0.5) is 0 Å². The fraction of sp³-hybridized carbons (Fsp3) is 0.0833. The zero-order chi connectivity index (χ0) is 9.54. The van der Waals surface area contributed by atoms with E-state index in [-0.39, 0.29) is 0 Å². The molecular weight excluding hydrogens is 172 g/mol. The van der Waals surface area contributed by atoms with Crippen LogP contribution in [-0.4, -0.2) is 4.40 Å². The van der Waals surface area contributed by atoms with Gasteiger partial charge in [-0.05, 0) is 30.7 Å². The van der Waals surface area contributed by atoms with Gasteiger partial charge in [0.25, 0.3) is 5.65 Å². The molecule has 0 spiro atoms. The van der Waals surface area contributed by atoms with Crippen LogP contribution in [0.25, 0.3) is 11.2 Å². The van der Waals surface area contributed by atoms with Gasteiger partial charge >= 0.3 is 0 Å². The first-order valence-electron chi connectivity index (χ1n) is 4.72. The lowest BCUT2D eigenvalue weighted by molar-refractivity contribution is -0.509. The van der Waals surface area contributed by atoms with Gasteiger partial charge < -0.3 is 0 Å². The molecule has 0 aliphatic rings. The van der Waals surface area contributed by atoms with E-state index in [1.165, 1.54) is 16.7 Å². The summed E-state index contributed by atoms with van der Waals surface area (Å²) < 4.78 is 4.32. The standard InChI is InChI=1S/C12H11N2/c1-10-5-7-14-11(8-10)9-13-6-3-2-4-12(13)14/h2-9H,1H3/q+1. The minimum atomic E-state index is 1.20. The Kier molecular flexibility index (Phi) is 1.39. The average molecular weight is 183 g/mol. The van der Waals surface area contributed by atoms with Crippen LogP contribution in [0.5, 0.6) is 0 Å². The lowest BCUT2D eigenvalue weighted by Gasteiger charge is -1.89. The highest BCUT2D eigenvalue weighted by Crippen LogP contribution is 2.08. The molecule has 0 N–H and O–H groups in total. The summed E-state index contributed by atoms with van der Waals surface area (Å²) in [7, 11) is 0. The Balaban J connectivity index is 2.57. The number of hydrogen-bond acceptors (Lipinski definition) is 0. The van der Waals surface area contributed by atoms with E-state index < -0.39 is 0 Å². The van der Waals surface area contributed by atoms with Crippen molar-refractivity contribution < 1.29 is 4.40 Å². The number of rotatable bonds is 0. The van der Waals surface area contributed by atoms with E-state index in [9.17, 15) is 0 Å². The summed E-state index contributed by atoms with van der Waals surface area (Å²) in [5, 5.41) is 0. The van der Waals surface area contributed by atoms with Gasteiger partial charge in [0.1, 0.15) is 6.20 Å². The maximum Gasteiger partial charge on any atom is 0.291 e. The number of fused-ring (bicyclic) bond motifs is 3. The number of aromatic nitrogens is 2. The van der Waals surface area contributed by atoms with Gasteiger partial charge in [-0.2, -0.15) is 4.40 Å². The molecule has 0 saturated carbocycles. The molecule has 3 aromatic heterocycles. The highest BCUT2D eigenvalue weighted by molar-refractivity contribution is 5.53. The Hall–Kier alpha value is -1.83. The summed E-state index contributed by atoms with van der Waals surface area (Å²) in [6, 6.07) is 10.5. The largest absolute Gasteiger partial charge is 0.291 e. The molecule has 0 aromatic carbocycles. The number of pyridine rings is 2. The molecule has 0 radical (unpaired) electrons. The predicted octanol–water partition coefficient (Wildman–Crippen LogP) is 1.99. The van der Waals surface area contributed by atoms with E-state index in [0.717, 1.165) is 0 Å². The quantitative estimate of drug-likeness (QED) is 0.471. The van der Waals surface area contributed by atoms with Crippen LogP contribution < -0.4 is 4.40 Å². The summed E-state index contributed by atoms with van der Waals surface area (Å²) in [6.07, 6.45) is 6.32. The van der Waals surface area contributed by atoms with E-state index in [1.807, 2.05) is 6.07 Å². The molecule has 0 unspecified atom stereocenters. The molecule has 0 aliphatic carbocycles. The molecule has 14 heavy (non-hydrogen) atoms. The number of hydrogen-bond donors (Lipinski definition) is 0. The van der Waals surface area contributed by atoms with Crippen LogP contribution in [0, 0.1) is 6.92 Å². The summed E-state index contributed by atoms with van der Waals surface area (Å²) in [6.45, 7) is 2.11. The van der Waals surface area contributed by atoms with Crippen molar-refractivity contribution in [3.63, 3.8) is 0 Å². The second-order valence-electron chi connectivity index (χ2n) is 3.59. The number of aryl methyl sites for hydroxylation is 1. The molecule has 2 nitrogen and oxygen atoms in total. The normalized spacial score (nSPS) is 11.2. The van der Waals surface area contributed by atoms with Gasteiger partial charge in [0.2, 0.25) is 0 Å². The van der Waals surface area contributed by atoms with E-state index in [2.05, 4.69) is 58.6 Å². The average Bonchev–Trinajstić information content (AvgIpc) is 2.54. The fourth-order valence-corrected chi connectivity index (χ4v) is 1.84. The Labute approximate surface area is 82.0 Å². The summed E-state index contributed by atoms with van der Waals surface area (Å²) in [5.74, 6) is 0. The maximum atomic E-state index is 2.19. The third-order valence-electron chi connectivity index (χ3n) is 2.53. The Bertz CT molecular complexity index is 608. The molecular formula is C12H11N2+. The van der Waals surface area contributed by atoms with E-state index in [0.29, 0.717) is 0 Å². The zero-order valence-corrected chi connectivity index (χ0v) is 8.01. The number of imidazole rings is 1. The first-order chi connectivity index (χ1) is 6.84. The van der Waals surface area contributed by atoms with Crippen molar-refractivity contribution in [2.45, 2.75) is 6.92 Å². The van der Waals surface area contributed by atoms with E-state index in [4.69, 9.17) is 0 Å². The molecule has 3 heterocycles. The van der Waals surface area contributed by atoms with Crippen LogP contribution in [0.3, 0.4) is 0 Å². The highest BCUT2D eigenvalue weighted by atomic mass is 15.1. The molecule has 2 heteroatoms. The molecule has 0 atom stereocenters. The molecule has 3 rings (SSSR count). The third-order valence-corrected chi connectivity index (χ3v) is 2.53. The van der Waals surface area contributed by atoms with Crippen molar-refractivity contribution in [3.8, 4) is 0 Å². The topological polar surface area (TPSA) is 8.51 Å². The number of nitrogens with zero attached hydrogens (tertiary/aromatic N) is 2. The molecule has 3 aromatic rings. The second kappa shape index (κ2) is 2.58. The van der Waals surface area contributed by atoms with E-state index in [1.54, 1.807) is 0 Å². The van der Waals surface area contributed by atoms with Crippen LogP contribution in [0.15, 0.2) is 48.9 Å². The van der Waals surface area contributed by atoms with Gasteiger partial charge in [-0.1, -0.05) is 6.07 Å². The minimum Gasteiger partial charge on any atom is -0.202 e. The Morgan fingerprint density at radius 3 is 3.07 bits per heavy atom. The Morgan fingerprint density at radius 2 is 2.14 bits per heavy atom. The second-order valence-corrected chi connectivity index (χ2v) is 3.59. The van der Waals surface area contributed by atoms with Gasteiger partial charge in [-0.15, -0.1) is 0 Å². The van der Waals surface area contributed by atoms with Crippen molar-refractivity contribution in [2.75, 3.05) is 0 Å². The third kappa shape index (κ3) is 0.940. The molecule has 68 valence electrons. The van der Waals surface area contributed by atoms with Crippen molar-refractivity contribution in [2.24, 2.45) is 0 Å². The summed E-state index contributed by atoms with van der Waals surface area (Å²) in [4.78, 5) is 0. The minimum absolute atomic E-state index is 1.20. The summed E-state index contributed by atoms with van der Waals surface area (Å²) >= 11 is 0. The smallest absolute Gasteiger partial charge is 0.202 e. The molecule has 0 bridgehead atoms. The van der Waals surface area contributed by atoms with Gasteiger partial charge in [-0.25, -0.2) is 4.40 Å². The van der Waals surface area contributed by atoms with Crippen LogP contribution in [0.1, 0.15) is 5.56 Å². The van der Waals surface area contributed by atoms with Crippen molar-refractivity contribution in [1.29, 1.82) is 0 Å². The fourth-order valence-electron chi connectivity index (χ4n) is 1.84. The lowest BCUT2D eigenvalue weighted by atomic mass is 10.3. The monoisotopic (exact) mass is 183 g/mol. The van der Waals surface area contributed by atoms with Gasteiger partial charge in [0, 0.05) is 6.07 Å². The van der Waals surface area contributed by atoms with Crippen molar-refractivity contribution in [1.82, 2.24) is 4.40 Å². The van der Waals surface area contributed by atoms with Gasteiger partial charge in [-0.3, -0.25) is 0 Å². The maximum absolute atomic E-state index is 2.19. The van der Waals surface area contributed by atoms with Gasteiger partial charge in [0.15, 0.2) is 5.52 Å². The van der Waals surface area contributed by atoms with Crippen molar-refractivity contribution in [3.05, 3.63) is 54.5 Å². The highest BCUT2D eigenvalue weighted by Gasteiger charge is 2.08. The molecule has 0 fully saturated rings. The molecule has 0 amide bonds. The molecule has 0 saturated heterocycles. The molecule has 0 aliphatic heterocycles. The van der Waals surface area contributed by atoms with E-state index >= 15 is 0 Å². The zero-order valence-electron chi connectivity index (χ0n) is 8.01. The Morgan fingerprint density at radius 1 is 1.21 bits per heavy atom. The van der Waals surface area contributed by atoms with Crippen molar-refractivity contribution >= 4 is 11.2 Å². The van der Waals surface area contributed by atoms with Crippen LogP contribution in [-0.2, 0) is 0 Å². The predicted molar refractivity (Wildman–Crippen MR) is 55.3 cm³/mol. The van der Waals surface area contributed by atoms with Crippen LogP contribution >= 0.6 is 0 Å². The van der Waals surface area contributed by atoms with Crippen LogP contribution in [0.2, 0.25) is 0 Å². The summed E-state index contributed by atoms with van der Waals surface area (Å²) in [5.41, 5.74) is 3.72. The SMILES string of the molecule is Cc1ccn2c(c1)c[n+]1ccccc21. The van der Waals surface area contributed by atoms with Gasteiger partial charge in [0.05, 0.1) is 12.4 Å². The lowest BCUT2D eigenvalue weighted by Crippen LogP contribution is -2.16. The first kappa shape index (κ1) is 7.56. The first-order valence-corrected chi connectivity index (χ1v) is 4.72.